The molecule has 1 aliphatic rings. The molecule has 0 radical (unpaired) electrons. The summed E-state index contributed by atoms with van der Waals surface area (Å²) >= 11 is 0. The van der Waals surface area contributed by atoms with Crippen LogP contribution in [0, 0.1) is 0 Å². The van der Waals surface area contributed by atoms with E-state index in [2.05, 4.69) is 0 Å². The van der Waals surface area contributed by atoms with Crippen LogP contribution in [0.25, 0.3) is 0 Å². The van der Waals surface area contributed by atoms with Crippen LogP contribution in [0.2, 0.25) is 0 Å². The number of nitrogens with zero attached hydrogens (tertiary/aromatic N) is 1. The third-order valence-electron chi connectivity index (χ3n) is 3.42. The first kappa shape index (κ1) is 17.2. The monoisotopic (exact) mass is 337 g/mol. The Bertz CT molecular complexity index is 682. The Kier molecular flexibility index (Phi) is 5.92. The summed E-state index contributed by atoms with van der Waals surface area (Å²) in [6, 6.07) is 9.42. The predicted octanol–water partition coefficient (Wildman–Crippen LogP) is 1.98. The lowest BCUT2D eigenvalue weighted by molar-refractivity contribution is -0.145. The average molecular weight is 337 g/mol. The van der Waals surface area contributed by atoms with Crippen LogP contribution in [0.3, 0.4) is 0 Å². The molecule has 124 valence electrons. The van der Waals surface area contributed by atoms with E-state index in [4.69, 9.17) is 4.74 Å². The topological polar surface area (TPSA) is 80.8 Å². The van der Waals surface area contributed by atoms with Crippen LogP contribution in [-0.2, 0) is 31.0 Å². The molecule has 1 aromatic carbocycles. The van der Waals surface area contributed by atoms with Gasteiger partial charge in [-0.05, 0) is 18.4 Å². The van der Waals surface area contributed by atoms with Gasteiger partial charge in [0.15, 0.2) is 0 Å². The van der Waals surface area contributed by atoms with Crippen LogP contribution in [0.15, 0.2) is 41.8 Å². The Morgan fingerprint density at radius 3 is 2.48 bits per heavy atom. The number of benzene rings is 1. The van der Waals surface area contributed by atoms with Crippen molar-refractivity contribution in [1.29, 1.82) is 0 Å². The van der Waals surface area contributed by atoms with Gasteiger partial charge < -0.3 is 4.74 Å². The summed E-state index contributed by atoms with van der Waals surface area (Å²) in [6.45, 7) is 0.402. The van der Waals surface area contributed by atoms with E-state index < -0.39 is 15.9 Å². The molecule has 1 amide bonds. The van der Waals surface area contributed by atoms with Crippen LogP contribution < -0.4 is 0 Å². The Balaban J connectivity index is 1.59. The number of carbonyl (C=O) groups excluding carboxylic acids is 2. The zero-order valence-corrected chi connectivity index (χ0v) is 13.5. The molecule has 0 aromatic heterocycles. The van der Waals surface area contributed by atoms with E-state index in [0.717, 1.165) is 21.4 Å². The summed E-state index contributed by atoms with van der Waals surface area (Å²) in [5.41, 5.74) is 0.936. The van der Waals surface area contributed by atoms with Gasteiger partial charge in [-0.15, -0.1) is 0 Å². The van der Waals surface area contributed by atoms with Crippen molar-refractivity contribution < 1.29 is 22.7 Å². The quantitative estimate of drug-likeness (QED) is 0.535. The molecule has 1 aromatic rings. The normalized spacial score (nSPS) is 15.8. The van der Waals surface area contributed by atoms with Crippen LogP contribution in [-0.4, -0.2) is 31.1 Å². The van der Waals surface area contributed by atoms with Crippen molar-refractivity contribution in [2.24, 2.45) is 0 Å². The number of hydrogen-bond donors (Lipinski definition) is 0. The first-order valence-corrected chi connectivity index (χ1v) is 8.94. The number of sulfonamides is 1. The smallest absolute Gasteiger partial charge is 0.306 e. The zero-order chi connectivity index (χ0) is 16.7. The molecule has 0 atom stereocenters. The maximum absolute atomic E-state index is 11.6. The lowest BCUT2D eigenvalue weighted by Crippen LogP contribution is -2.30. The lowest BCUT2D eigenvalue weighted by atomic mass is 10.2. The van der Waals surface area contributed by atoms with E-state index in [9.17, 15) is 18.0 Å². The van der Waals surface area contributed by atoms with E-state index >= 15 is 0 Å². The second-order valence-electron chi connectivity index (χ2n) is 5.22. The number of esters is 1. The molecule has 2 rings (SSSR count). The summed E-state index contributed by atoms with van der Waals surface area (Å²) in [7, 11) is -3.57. The minimum atomic E-state index is -3.57. The van der Waals surface area contributed by atoms with Crippen LogP contribution >= 0.6 is 0 Å². The second-order valence-corrected chi connectivity index (χ2v) is 6.96. The maximum Gasteiger partial charge on any atom is 0.306 e. The Morgan fingerprint density at radius 1 is 1.09 bits per heavy atom. The van der Waals surface area contributed by atoms with Gasteiger partial charge in [0.25, 0.3) is 15.9 Å². The Hall–Kier alpha value is -2.15. The fraction of sp³-hybridized carbons (Fsp3) is 0.375. The first-order chi connectivity index (χ1) is 11.0. The molecule has 0 spiro atoms. The van der Waals surface area contributed by atoms with E-state index in [1.165, 1.54) is 0 Å². The Morgan fingerprint density at radius 2 is 1.83 bits per heavy atom. The summed E-state index contributed by atoms with van der Waals surface area (Å²) in [5.74, 6) is -0.785. The van der Waals surface area contributed by atoms with E-state index in [1.54, 1.807) is 0 Å². The maximum atomic E-state index is 11.6. The molecule has 1 heterocycles. The predicted molar refractivity (Wildman–Crippen MR) is 84.5 cm³/mol. The summed E-state index contributed by atoms with van der Waals surface area (Å²) in [6.07, 6.45) is 3.11. The van der Waals surface area contributed by atoms with Crippen molar-refractivity contribution in [2.45, 2.75) is 32.3 Å². The number of amides is 1. The van der Waals surface area contributed by atoms with Crippen LogP contribution in [0.1, 0.15) is 31.2 Å². The van der Waals surface area contributed by atoms with Crippen molar-refractivity contribution in [3.05, 3.63) is 47.4 Å². The van der Waals surface area contributed by atoms with Crippen molar-refractivity contribution in [3.63, 3.8) is 0 Å². The average Bonchev–Trinajstić information content (AvgIpc) is 2.80. The number of carbonyl (C=O) groups is 2. The first-order valence-electron chi connectivity index (χ1n) is 7.43. The highest BCUT2D eigenvalue weighted by atomic mass is 32.2. The van der Waals surface area contributed by atoms with Gasteiger partial charge in [-0.2, -0.15) is 0 Å². The van der Waals surface area contributed by atoms with E-state index in [1.807, 2.05) is 30.3 Å². The summed E-state index contributed by atoms with van der Waals surface area (Å²) in [5, 5.41) is 0.913. The molecule has 23 heavy (non-hydrogen) atoms. The number of hydrogen-bond acceptors (Lipinski definition) is 5. The zero-order valence-electron chi connectivity index (χ0n) is 12.7. The van der Waals surface area contributed by atoms with Crippen molar-refractivity contribution >= 4 is 21.9 Å². The molecular formula is C16H19NO5S. The van der Waals surface area contributed by atoms with Gasteiger partial charge in [-0.3, -0.25) is 9.59 Å². The van der Waals surface area contributed by atoms with Crippen molar-refractivity contribution in [3.8, 4) is 0 Å². The highest BCUT2D eigenvalue weighted by molar-refractivity contribution is 7.93. The third-order valence-corrected chi connectivity index (χ3v) is 4.88. The highest BCUT2D eigenvalue weighted by Crippen LogP contribution is 2.14. The van der Waals surface area contributed by atoms with Crippen LogP contribution in [0.5, 0.6) is 0 Å². The molecule has 1 aliphatic heterocycles. The second kappa shape index (κ2) is 7.92. The van der Waals surface area contributed by atoms with Gasteiger partial charge in [-0.1, -0.05) is 36.8 Å². The number of ether oxygens (including phenoxy) is 1. The summed E-state index contributed by atoms with van der Waals surface area (Å²) in [4.78, 5) is 23.0. The molecule has 0 fully saturated rings. The highest BCUT2D eigenvalue weighted by Gasteiger charge is 2.28. The molecule has 7 heteroatoms. The van der Waals surface area contributed by atoms with E-state index in [0.29, 0.717) is 19.3 Å². The van der Waals surface area contributed by atoms with Gasteiger partial charge in [-0.25, -0.2) is 12.7 Å². The molecule has 0 bridgehead atoms. The molecule has 6 nitrogen and oxygen atoms in total. The van der Waals surface area contributed by atoms with Crippen molar-refractivity contribution in [1.82, 2.24) is 4.31 Å². The molecular weight excluding hydrogens is 318 g/mol. The molecule has 0 aliphatic carbocycles. The molecule has 0 saturated heterocycles. The van der Waals surface area contributed by atoms with E-state index in [-0.39, 0.29) is 25.5 Å². The summed E-state index contributed by atoms with van der Waals surface area (Å²) < 4.78 is 29.0. The van der Waals surface area contributed by atoms with Gasteiger partial charge in [0.1, 0.15) is 6.61 Å². The largest absolute Gasteiger partial charge is 0.461 e. The van der Waals surface area contributed by atoms with Gasteiger partial charge >= 0.3 is 5.97 Å². The van der Waals surface area contributed by atoms with Gasteiger partial charge in [0.2, 0.25) is 0 Å². The molecule has 0 N–H and O–H groups in total. The van der Waals surface area contributed by atoms with Crippen LogP contribution in [0.4, 0.5) is 0 Å². The van der Waals surface area contributed by atoms with Gasteiger partial charge in [0.05, 0.1) is 5.41 Å². The number of unbranched alkanes of at least 4 members (excludes halogenated alkanes) is 2. The minimum Gasteiger partial charge on any atom is -0.461 e. The molecule has 0 saturated carbocycles. The fourth-order valence-corrected chi connectivity index (χ4v) is 3.31. The SMILES string of the molecule is O=C(CCCCCN1C(=O)C=CS1(=O)=O)OCc1ccccc1. The third kappa shape index (κ3) is 5.21. The molecule has 0 unspecified atom stereocenters. The van der Waals surface area contributed by atoms with Crippen molar-refractivity contribution in [2.75, 3.05) is 6.54 Å². The standard InChI is InChI=1S/C16H19NO5S/c18-15-10-12-23(20,21)17(15)11-6-2-5-9-16(19)22-13-14-7-3-1-4-8-14/h1,3-4,7-8,10,12H,2,5-6,9,11,13H2. The Labute approximate surface area is 135 Å². The minimum absolute atomic E-state index is 0.146. The van der Waals surface area contributed by atoms with Gasteiger partial charge in [0, 0.05) is 19.0 Å². The lowest BCUT2D eigenvalue weighted by Gasteiger charge is -2.14. The fourth-order valence-electron chi connectivity index (χ4n) is 2.18. The number of rotatable bonds is 8.